The minimum atomic E-state index is -0.616. The molecule has 3 rings (SSSR count). The van der Waals surface area contributed by atoms with Crippen molar-refractivity contribution >= 4 is 11.8 Å². The Morgan fingerprint density at radius 1 is 1.47 bits per heavy atom. The van der Waals surface area contributed by atoms with Crippen LogP contribution in [0.25, 0.3) is 0 Å². The van der Waals surface area contributed by atoms with E-state index in [9.17, 15) is 0 Å². The van der Waals surface area contributed by atoms with Crippen LogP contribution in [-0.4, -0.2) is 24.0 Å². The highest BCUT2D eigenvalue weighted by atomic mass is 15.3. The van der Waals surface area contributed by atoms with Crippen LogP contribution < -0.4 is 22.1 Å². The van der Waals surface area contributed by atoms with Crippen LogP contribution in [0.5, 0.6) is 0 Å². The number of hydrogen-bond donors (Lipinski definition) is 5. The van der Waals surface area contributed by atoms with Crippen molar-refractivity contribution in [1.29, 1.82) is 0 Å². The van der Waals surface area contributed by atoms with Gasteiger partial charge in [-0.1, -0.05) is 0 Å². The van der Waals surface area contributed by atoms with Gasteiger partial charge in [0.25, 0.3) is 0 Å². The molecule has 1 aromatic rings. The lowest BCUT2D eigenvalue weighted by Crippen LogP contribution is -2.63. The molecular formula is C11H18N6. The number of piperidine rings is 1. The molecule has 1 aromatic heterocycles. The van der Waals surface area contributed by atoms with Gasteiger partial charge >= 0.3 is 0 Å². The minimum absolute atomic E-state index is 0.319. The Morgan fingerprint density at radius 3 is 3.12 bits per heavy atom. The molecule has 0 spiro atoms. The van der Waals surface area contributed by atoms with Gasteiger partial charge in [-0.3, -0.25) is 0 Å². The maximum atomic E-state index is 6.55. The Hall–Kier alpha value is -1.53. The largest absolute Gasteiger partial charge is 0.370 e. The molecule has 2 unspecified atom stereocenters. The molecule has 1 saturated heterocycles. The number of fused-ring (bicyclic) bond motifs is 1. The van der Waals surface area contributed by atoms with Gasteiger partial charge in [-0.2, -0.15) is 4.99 Å². The standard InChI is InChI=1S/C11H18N6/c12-10-16-9-8(3-5-15-9)11(13,17-10)7-2-1-4-14-6-7/h3,5,7,14-15H,1-2,4,6,13H2,(H3,12,16,17). The third-order valence-electron chi connectivity index (χ3n) is 3.68. The summed E-state index contributed by atoms with van der Waals surface area (Å²) in [5.41, 5.74) is 12.7. The fourth-order valence-electron chi connectivity index (χ4n) is 2.78. The summed E-state index contributed by atoms with van der Waals surface area (Å²) in [6.45, 7) is 1.97. The van der Waals surface area contributed by atoms with Crippen LogP contribution in [-0.2, 0) is 5.66 Å². The zero-order valence-corrected chi connectivity index (χ0v) is 9.66. The molecule has 0 aliphatic carbocycles. The average Bonchev–Trinajstić information content (AvgIpc) is 2.79. The third kappa shape index (κ3) is 1.60. The second-order valence-corrected chi connectivity index (χ2v) is 4.77. The Labute approximate surface area is 99.9 Å². The highest BCUT2D eigenvalue weighted by Crippen LogP contribution is 2.36. The number of H-pyrrole nitrogens is 1. The summed E-state index contributed by atoms with van der Waals surface area (Å²) in [7, 11) is 0. The Balaban J connectivity index is 1.99. The first-order chi connectivity index (χ1) is 8.20. The van der Waals surface area contributed by atoms with Gasteiger partial charge < -0.3 is 27.1 Å². The first-order valence-electron chi connectivity index (χ1n) is 6.00. The number of hydrogen-bond acceptors (Lipinski definition) is 5. The predicted octanol–water partition coefficient (Wildman–Crippen LogP) is -0.325. The van der Waals surface area contributed by atoms with E-state index in [1.807, 2.05) is 12.3 Å². The van der Waals surface area contributed by atoms with Crippen LogP contribution in [0, 0.1) is 5.92 Å². The molecule has 2 aliphatic heterocycles. The topological polar surface area (TPSA) is 104 Å². The maximum Gasteiger partial charge on any atom is 0.197 e. The molecule has 0 bridgehead atoms. The summed E-state index contributed by atoms with van der Waals surface area (Å²) in [5, 5.41) is 6.53. The molecule has 2 atom stereocenters. The molecule has 7 N–H and O–H groups in total. The number of guanidine groups is 1. The summed E-state index contributed by atoms with van der Waals surface area (Å²) in [5.74, 6) is 1.47. The fourth-order valence-corrected chi connectivity index (χ4v) is 2.78. The molecule has 17 heavy (non-hydrogen) atoms. The SMILES string of the molecule is NC1=Nc2[nH]ccc2C(N)(C2CCCNC2)N1. The number of nitrogens with one attached hydrogen (secondary N) is 3. The number of nitrogens with two attached hydrogens (primary N) is 2. The van der Waals surface area contributed by atoms with Gasteiger partial charge in [0.2, 0.25) is 0 Å². The van der Waals surface area contributed by atoms with Crippen LogP contribution in [0.3, 0.4) is 0 Å². The molecule has 6 heteroatoms. The van der Waals surface area contributed by atoms with Gasteiger partial charge in [0, 0.05) is 24.2 Å². The van der Waals surface area contributed by atoms with E-state index in [0.29, 0.717) is 11.9 Å². The van der Waals surface area contributed by atoms with Gasteiger partial charge in [-0.15, -0.1) is 0 Å². The molecule has 2 aliphatic rings. The molecule has 0 radical (unpaired) electrons. The summed E-state index contributed by atoms with van der Waals surface area (Å²) >= 11 is 0. The van der Waals surface area contributed by atoms with Crippen molar-refractivity contribution in [3.63, 3.8) is 0 Å². The molecule has 0 amide bonds. The summed E-state index contributed by atoms with van der Waals surface area (Å²) in [6, 6.07) is 1.98. The van der Waals surface area contributed by atoms with Crippen molar-refractivity contribution in [2.75, 3.05) is 13.1 Å². The van der Waals surface area contributed by atoms with E-state index in [2.05, 4.69) is 20.6 Å². The highest BCUT2D eigenvalue weighted by Gasteiger charge is 2.42. The van der Waals surface area contributed by atoms with Gasteiger partial charge in [0.05, 0.1) is 0 Å². The quantitative estimate of drug-likeness (QED) is 0.459. The van der Waals surface area contributed by atoms with Gasteiger partial charge in [-0.05, 0) is 25.5 Å². The molecule has 92 valence electrons. The second-order valence-electron chi connectivity index (χ2n) is 4.77. The lowest BCUT2D eigenvalue weighted by molar-refractivity contribution is 0.201. The smallest absolute Gasteiger partial charge is 0.197 e. The number of aromatic nitrogens is 1. The predicted molar refractivity (Wildman–Crippen MR) is 66.7 cm³/mol. The van der Waals surface area contributed by atoms with Crippen LogP contribution in [0.2, 0.25) is 0 Å². The van der Waals surface area contributed by atoms with Crippen LogP contribution in [0.15, 0.2) is 17.3 Å². The van der Waals surface area contributed by atoms with Crippen molar-refractivity contribution < 1.29 is 0 Å². The molecular weight excluding hydrogens is 216 g/mol. The van der Waals surface area contributed by atoms with Crippen molar-refractivity contribution in [1.82, 2.24) is 15.6 Å². The fraction of sp³-hybridized carbons (Fsp3) is 0.545. The van der Waals surface area contributed by atoms with Crippen molar-refractivity contribution in [3.8, 4) is 0 Å². The van der Waals surface area contributed by atoms with Crippen LogP contribution in [0.4, 0.5) is 5.82 Å². The van der Waals surface area contributed by atoms with E-state index in [0.717, 1.165) is 37.3 Å². The Kier molecular flexibility index (Phi) is 2.34. The number of aromatic amines is 1. The highest BCUT2D eigenvalue weighted by molar-refractivity contribution is 5.84. The van der Waals surface area contributed by atoms with Gasteiger partial charge in [-0.25, -0.2) is 0 Å². The van der Waals surface area contributed by atoms with E-state index in [-0.39, 0.29) is 0 Å². The van der Waals surface area contributed by atoms with E-state index in [4.69, 9.17) is 11.5 Å². The number of aliphatic imine (C=N–C) groups is 1. The molecule has 0 aromatic carbocycles. The lowest BCUT2D eigenvalue weighted by atomic mass is 9.82. The monoisotopic (exact) mass is 234 g/mol. The molecule has 0 saturated carbocycles. The van der Waals surface area contributed by atoms with E-state index >= 15 is 0 Å². The summed E-state index contributed by atoms with van der Waals surface area (Å²) in [6.07, 6.45) is 4.09. The zero-order chi connectivity index (χ0) is 11.9. The molecule has 6 nitrogen and oxygen atoms in total. The Morgan fingerprint density at radius 2 is 2.35 bits per heavy atom. The normalized spacial score (nSPS) is 32.5. The summed E-state index contributed by atoms with van der Waals surface area (Å²) in [4.78, 5) is 7.30. The first-order valence-corrected chi connectivity index (χ1v) is 6.00. The van der Waals surface area contributed by atoms with E-state index in [1.165, 1.54) is 0 Å². The first kappa shape index (κ1) is 10.6. The van der Waals surface area contributed by atoms with Gasteiger partial charge in [0.1, 0.15) is 11.5 Å². The van der Waals surface area contributed by atoms with E-state index < -0.39 is 5.66 Å². The third-order valence-corrected chi connectivity index (χ3v) is 3.68. The van der Waals surface area contributed by atoms with Crippen LogP contribution >= 0.6 is 0 Å². The van der Waals surface area contributed by atoms with Crippen molar-refractivity contribution in [3.05, 3.63) is 17.8 Å². The van der Waals surface area contributed by atoms with E-state index in [1.54, 1.807) is 0 Å². The number of nitrogens with zero attached hydrogens (tertiary/aromatic N) is 1. The zero-order valence-electron chi connectivity index (χ0n) is 9.66. The summed E-state index contributed by atoms with van der Waals surface area (Å²) < 4.78 is 0. The molecule has 1 fully saturated rings. The lowest BCUT2D eigenvalue weighted by Gasteiger charge is -2.42. The Bertz CT molecular complexity index is 445. The average molecular weight is 234 g/mol. The van der Waals surface area contributed by atoms with Crippen molar-refractivity contribution in [2.45, 2.75) is 18.5 Å². The maximum absolute atomic E-state index is 6.55. The van der Waals surface area contributed by atoms with Crippen molar-refractivity contribution in [2.24, 2.45) is 22.4 Å². The van der Waals surface area contributed by atoms with Crippen LogP contribution in [0.1, 0.15) is 18.4 Å². The molecule has 3 heterocycles. The minimum Gasteiger partial charge on any atom is -0.370 e. The second kappa shape index (κ2) is 3.75. The van der Waals surface area contributed by atoms with Gasteiger partial charge in [0.15, 0.2) is 5.96 Å². The number of rotatable bonds is 1.